The summed E-state index contributed by atoms with van der Waals surface area (Å²) in [6.07, 6.45) is 1.60. The van der Waals surface area contributed by atoms with E-state index in [1.807, 2.05) is 24.3 Å². The zero-order chi connectivity index (χ0) is 19.8. The van der Waals surface area contributed by atoms with Crippen LogP contribution in [0.2, 0.25) is 15.1 Å². The molecule has 0 aliphatic heterocycles. The van der Waals surface area contributed by atoms with Crippen LogP contribution in [0.3, 0.4) is 0 Å². The summed E-state index contributed by atoms with van der Waals surface area (Å²) >= 11 is 17.6. The quantitative estimate of drug-likeness (QED) is 0.495. The molecule has 10 heteroatoms. The number of hydrogen-bond acceptors (Lipinski definition) is 3. The molecular formula is C17H13Cl3N2O4S. The predicted octanol–water partition coefficient (Wildman–Crippen LogP) is 4.10. The van der Waals surface area contributed by atoms with E-state index < -0.39 is 22.0 Å². The van der Waals surface area contributed by atoms with Crippen LogP contribution < -0.4 is 4.72 Å². The van der Waals surface area contributed by atoms with Crippen molar-refractivity contribution in [2.75, 3.05) is 0 Å². The van der Waals surface area contributed by atoms with Crippen molar-refractivity contribution in [2.24, 2.45) is 0 Å². The molecule has 0 fully saturated rings. The number of aliphatic carboxylic acids is 1. The van der Waals surface area contributed by atoms with Crippen LogP contribution in [0.15, 0.2) is 47.5 Å². The van der Waals surface area contributed by atoms with Crippen LogP contribution >= 0.6 is 34.8 Å². The number of carboxylic acid groups (broad SMARTS) is 1. The van der Waals surface area contributed by atoms with Gasteiger partial charge in [0.1, 0.15) is 10.9 Å². The highest BCUT2D eigenvalue weighted by atomic mass is 35.5. The van der Waals surface area contributed by atoms with E-state index in [1.54, 1.807) is 6.20 Å². The highest BCUT2D eigenvalue weighted by molar-refractivity contribution is 7.89. The first kappa shape index (κ1) is 20.0. The van der Waals surface area contributed by atoms with Crippen LogP contribution in [-0.2, 0) is 21.2 Å². The van der Waals surface area contributed by atoms with E-state index in [2.05, 4.69) is 9.71 Å². The largest absolute Gasteiger partial charge is 0.480 e. The zero-order valence-electron chi connectivity index (χ0n) is 13.5. The maximum Gasteiger partial charge on any atom is 0.322 e. The number of halogens is 3. The first-order valence-electron chi connectivity index (χ1n) is 7.63. The van der Waals surface area contributed by atoms with Gasteiger partial charge in [0.15, 0.2) is 0 Å². The molecule has 0 spiro atoms. The number of hydrogen-bond donors (Lipinski definition) is 3. The minimum absolute atomic E-state index is 0.00931. The molecule has 1 atom stereocenters. The lowest BCUT2D eigenvalue weighted by molar-refractivity contribution is -0.138. The van der Waals surface area contributed by atoms with Crippen molar-refractivity contribution < 1.29 is 18.3 Å². The molecule has 27 heavy (non-hydrogen) atoms. The Morgan fingerprint density at radius 1 is 1.11 bits per heavy atom. The monoisotopic (exact) mass is 446 g/mol. The van der Waals surface area contributed by atoms with Gasteiger partial charge in [0.25, 0.3) is 0 Å². The van der Waals surface area contributed by atoms with Gasteiger partial charge in [-0.2, -0.15) is 4.72 Å². The van der Waals surface area contributed by atoms with Crippen molar-refractivity contribution in [1.82, 2.24) is 9.71 Å². The highest BCUT2D eigenvalue weighted by Gasteiger charge is 2.28. The van der Waals surface area contributed by atoms with Crippen molar-refractivity contribution in [3.63, 3.8) is 0 Å². The van der Waals surface area contributed by atoms with Crippen LogP contribution in [-0.4, -0.2) is 30.5 Å². The van der Waals surface area contributed by atoms with Gasteiger partial charge in [-0.15, -0.1) is 0 Å². The van der Waals surface area contributed by atoms with Gasteiger partial charge in [-0.3, -0.25) is 4.79 Å². The first-order valence-corrected chi connectivity index (χ1v) is 10.3. The Balaban J connectivity index is 1.92. The Kier molecular flexibility index (Phi) is 5.69. The number of benzene rings is 2. The van der Waals surface area contributed by atoms with Crippen LogP contribution in [0, 0.1) is 0 Å². The molecule has 1 heterocycles. The molecule has 0 saturated carbocycles. The Bertz CT molecular complexity index is 1130. The normalized spacial score (nSPS) is 13.0. The molecule has 6 nitrogen and oxygen atoms in total. The van der Waals surface area contributed by atoms with Gasteiger partial charge in [-0.1, -0.05) is 53.0 Å². The van der Waals surface area contributed by atoms with E-state index in [0.717, 1.165) is 17.0 Å². The van der Waals surface area contributed by atoms with Crippen LogP contribution in [0.5, 0.6) is 0 Å². The summed E-state index contributed by atoms with van der Waals surface area (Å²) in [6, 6.07) is 8.19. The second-order valence-corrected chi connectivity index (χ2v) is 8.68. The maximum absolute atomic E-state index is 12.7. The Morgan fingerprint density at radius 3 is 2.48 bits per heavy atom. The molecule has 0 aliphatic carbocycles. The van der Waals surface area contributed by atoms with E-state index >= 15 is 0 Å². The fraction of sp³-hybridized carbons (Fsp3) is 0.118. The average molecular weight is 448 g/mol. The van der Waals surface area contributed by atoms with Gasteiger partial charge in [0.05, 0.1) is 15.1 Å². The van der Waals surface area contributed by atoms with Gasteiger partial charge in [0, 0.05) is 23.5 Å². The number of sulfonamides is 1. The van der Waals surface area contributed by atoms with Gasteiger partial charge in [0.2, 0.25) is 10.0 Å². The van der Waals surface area contributed by atoms with Gasteiger partial charge in [-0.25, -0.2) is 8.42 Å². The molecule has 142 valence electrons. The van der Waals surface area contributed by atoms with Gasteiger partial charge >= 0.3 is 5.97 Å². The van der Waals surface area contributed by atoms with Gasteiger partial charge < -0.3 is 10.1 Å². The Hall–Kier alpha value is -1.77. The third kappa shape index (κ3) is 4.23. The number of aromatic amines is 1. The van der Waals surface area contributed by atoms with Crippen molar-refractivity contribution in [1.29, 1.82) is 0 Å². The van der Waals surface area contributed by atoms with Crippen LogP contribution in [0.1, 0.15) is 5.56 Å². The molecule has 1 aromatic heterocycles. The fourth-order valence-corrected chi connectivity index (χ4v) is 4.85. The lowest BCUT2D eigenvalue weighted by Gasteiger charge is -2.16. The second kappa shape index (κ2) is 7.69. The number of H-pyrrole nitrogens is 1. The zero-order valence-corrected chi connectivity index (χ0v) is 16.6. The average Bonchev–Trinajstić information content (AvgIpc) is 3.00. The third-order valence-corrected chi connectivity index (χ3v) is 6.62. The molecule has 3 N–H and O–H groups in total. The van der Waals surface area contributed by atoms with E-state index in [-0.39, 0.29) is 26.4 Å². The number of nitrogens with one attached hydrogen (secondary N) is 2. The highest BCUT2D eigenvalue weighted by Crippen LogP contribution is 2.31. The Labute approximate surface area is 170 Å². The summed E-state index contributed by atoms with van der Waals surface area (Å²) in [4.78, 5) is 14.3. The number of para-hydroxylation sites is 1. The molecular weight excluding hydrogens is 435 g/mol. The summed E-state index contributed by atoms with van der Waals surface area (Å²) < 4.78 is 27.5. The summed E-state index contributed by atoms with van der Waals surface area (Å²) in [5.41, 5.74) is 1.49. The van der Waals surface area contributed by atoms with E-state index in [9.17, 15) is 18.3 Å². The van der Waals surface area contributed by atoms with E-state index in [4.69, 9.17) is 34.8 Å². The van der Waals surface area contributed by atoms with Crippen LogP contribution in [0.25, 0.3) is 10.9 Å². The van der Waals surface area contributed by atoms with E-state index in [1.165, 1.54) is 6.07 Å². The maximum atomic E-state index is 12.7. The number of aromatic nitrogens is 1. The lowest BCUT2D eigenvalue weighted by atomic mass is 10.1. The first-order chi connectivity index (χ1) is 12.7. The molecule has 0 bridgehead atoms. The third-order valence-electron chi connectivity index (χ3n) is 3.96. The summed E-state index contributed by atoms with van der Waals surface area (Å²) in [6.45, 7) is 0. The molecule has 3 rings (SSSR count). The predicted molar refractivity (Wildman–Crippen MR) is 105 cm³/mol. The molecule has 3 aromatic rings. The SMILES string of the molecule is O=C(O)[C@@H](Cc1c[nH]c2ccccc12)NS(=O)(=O)c1cc(Cl)c(Cl)cc1Cl. The molecule has 0 saturated heterocycles. The molecule has 2 aromatic carbocycles. The number of carboxylic acids is 1. The van der Waals surface area contributed by atoms with Crippen molar-refractivity contribution in [2.45, 2.75) is 17.4 Å². The topological polar surface area (TPSA) is 99.3 Å². The molecule has 0 unspecified atom stereocenters. The second-order valence-electron chi connectivity index (χ2n) is 5.77. The number of rotatable bonds is 6. The number of carbonyl (C=O) groups is 1. The smallest absolute Gasteiger partial charge is 0.322 e. The number of fused-ring (bicyclic) bond motifs is 1. The van der Waals surface area contributed by atoms with Gasteiger partial charge in [-0.05, 0) is 23.8 Å². The summed E-state index contributed by atoms with van der Waals surface area (Å²) in [5, 5.41) is 10.2. The lowest BCUT2D eigenvalue weighted by Crippen LogP contribution is -2.42. The molecule has 0 radical (unpaired) electrons. The molecule has 0 amide bonds. The van der Waals surface area contributed by atoms with Crippen LogP contribution in [0.4, 0.5) is 0 Å². The summed E-state index contributed by atoms with van der Waals surface area (Å²) in [5.74, 6) is -1.32. The Morgan fingerprint density at radius 2 is 1.78 bits per heavy atom. The minimum Gasteiger partial charge on any atom is -0.480 e. The van der Waals surface area contributed by atoms with E-state index in [0.29, 0.717) is 5.56 Å². The minimum atomic E-state index is -4.25. The van der Waals surface area contributed by atoms with Crippen molar-refractivity contribution in [3.8, 4) is 0 Å². The fourth-order valence-electron chi connectivity index (χ4n) is 2.66. The molecule has 0 aliphatic rings. The van der Waals surface area contributed by atoms with Crippen molar-refractivity contribution in [3.05, 3.63) is 63.2 Å². The van der Waals surface area contributed by atoms with Crippen molar-refractivity contribution >= 4 is 61.7 Å². The summed E-state index contributed by atoms with van der Waals surface area (Å²) in [7, 11) is -4.25. The standard InChI is InChI=1S/C17H13Cl3N2O4S/c18-11-6-13(20)16(7-12(11)19)27(25,26)22-15(17(23)24)5-9-8-21-14-4-2-1-3-10(9)14/h1-4,6-8,15,21-22H,5H2,(H,23,24)/t15-/m1/s1.